The highest BCUT2D eigenvalue weighted by atomic mass is 35.5. The van der Waals surface area contributed by atoms with Crippen molar-refractivity contribution in [3.05, 3.63) is 70.9 Å². The number of aryl methyl sites for hydroxylation is 3. The zero-order valence-electron chi connectivity index (χ0n) is 23.9. The van der Waals surface area contributed by atoms with Crippen molar-refractivity contribution in [3.8, 4) is 6.07 Å². The number of alkyl carbamates (subject to hydrolysis) is 1. The van der Waals surface area contributed by atoms with Gasteiger partial charge in [-0.1, -0.05) is 41.9 Å². The Morgan fingerprint density at radius 2 is 1.91 bits per heavy atom. The maximum Gasteiger partial charge on any atom is 0.410 e. The number of rotatable bonds is 9. The smallest absolute Gasteiger partial charge is 0.410 e. The van der Waals surface area contributed by atoms with Crippen LogP contribution in [0.1, 0.15) is 30.5 Å². The van der Waals surface area contributed by atoms with E-state index in [1.165, 1.54) is 23.1 Å². The van der Waals surface area contributed by atoms with E-state index in [4.69, 9.17) is 16.3 Å². The summed E-state index contributed by atoms with van der Waals surface area (Å²) >= 11 is 6.44. The Labute approximate surface area is 259 Å². The van der Waals surface area contributed by atoms with Gasteiger partial charge >= 0.3 is 6.09 Å². The van der Waals surface area contributed by atoms with Gasteiger partial charge in [0.2, 0.25) is 0 Å². The summed E-state index contributed by atoms with van der Waals surface area (Å²) < 4.78 is 62.2. The quantitative estimate of drug-likeness (QED) is 0.356. The van der Waals surface area contributed by atoms with Crippen LogP contribution in [0.2, 0.25) is 5.02 Å². The predicted octanol–water partition coefficient (Wildman–Crippen LogP) is 4.70. The molecule has 3 fully saturated rings. The van der Waals surface area contributed by atoms with Gasteiger partial charge in [0, 0.05) is 31.3 Å². The number of sulfone groups is 1. The number of aromatic nitrogens is 2. The molecule has 44 heavy (non-hydrogen) atoms. The monoisotopic (exact) mass is 644 g/mol. The number of ether oxygens (including phenoxy) is 1. The lowest BCUT2D eigenvalue weighted by Gasteiger charge is -2.40. The number of alkyl halides is 2. The van der Waals surface area contributed by atoms with Gasteiger partial charge in [-0.05, 0) is 49.9 Å². The zero-order chi connectivity index (χ0) is 31.3. The van der Waals surface area contributed by atoms with E-state index in [1.54, 1.807) is 9.58 Å². The fourth-order valence-electron chi connectivity index (χ4n) is 5.68. The Hall–Kier alpha value is -3.89. The average Bonchev–Trinajstić information content (AvgIpc) is 3.44. The number of hydrogen-bond donors (Lipinski definition) is 1. The van der Waals surface area contributed by atoms with Crippen molar-refractivity contribution < 1.29 is 26.7 Å². The lowest BCUT2D eigenvalue weighted by atomic mass is 10.1. The number of nitrogens with zero attached hydrogens (tertiary/aromatic N) is 5. The van der Waals surface area contributed by atoms with Crippen molar-refractivity contribution in [2.75, 3.05) is 29.4 Å². The first kappa shape index (κ1) is 30.1. The maximum absolute atomic E-state index is 14.0. The Balaban J connectivity index is 1.26. The zero-order valence-corrected chi connectivity index (χ0v) is 25.5. The van der Waals surface area contributed by atoms with E-state index in [9.17, 15) is 27.3 Å². The molecule has 10 nitrogen and oxygen atoms in total. The van der Waals surface area contributed by atoms with Crippen LogP contribution >= 0.6 is 11.6 Å². The van der Waals surface area contributed by atoms with Crippen molar-refractivity contribution in [1.29, 1.82) is 5.26 Å². The van der Waals surface area contributed by atoms with Crippen LogP contribution in [0.4, 0.5) is 25.1 Å². The maximum atomic E-state index is 14.0. The number of carbonyl (C=O) groups excluding carboxylic acids is 1. The number of nitrogens with one attached hydrogen (secondary N) is 1. The molecule has 0 bridgehead atoms. The summed E-state index contributed by atoms with van der Waals surface area (Å²) in [4.78, 5) is 15.9. The van der Waals surface area contributed by atoms with Crippen molar-refractivity contribution in [3.63, 3.8) is 0 Å². The predicted molar refractivity (Wildman–Crippen MR) is 160 cm³/mol. The van der Waals surface area contributed by atoms with Crippen LogP contribution in [-0.2, 0) is 27.5 Å². The van der Waals surface area contributed by atoms with Gasteiger partial charge in [0.05, 0.1) is 40.0 Å². The lowest BCUT2D eigenvalue weighted by molar-refractivity contribution is -0.0262. The molecule has 0 spiro atoms. The van der Waals surface area contributed by atoms with Crippen LogP contribution < -0.4 is 15.1 Å². The Bertz CT molecular complexity index is 1720. The SMILES string of the molecule is Cc1cc(N2C[C@H](S(=O)(=O)c3ccc(N4CC(F)(F)C4)cc3Cl)C[C@@H]2OC(=O)NC2(C#N)CC2)n(CCc2ccccc2)n1. The van der Waals surface area contributed by atoms with E-state index in [2.05, 4.69) is 16.5 Å². The Kier molecular flexibility index (Phi) is 7.70. The molecule has 3 heterocycles. The molecular weight excluding hydrogens is 614 g/mol. The number of halogens is 3. The van der Waals surface area contributed by atoms with Crippen LogP contribution in [0, 0.1) is 18.3 Å². The third-order valence-electron chi connectivity index (χ3n) is 8.26. The highest BCUT2D eigenvalue weighted by Crippen LogP contribution is 2.39. The molecule has 2 atom stereocenters. The summed E-state index contributed by atoms with van der Waals surface area (Å²) in [5, 5.41) is 15.6. The van der Waals surface area contributed by atoms with Gasteiger partial charge < -0.3 is 19.9 Å². The van der Waals surface area contributed by atoms with E-state index in [0.29, 0.717) is 43.0 Å². The van der Waals surface area contributed by atoms with Gasteiger partial charge in [-0.15, -0.1) is 0 Å². The first-order valence-corrected chi connectivity index (χ1v) is 16.2. The van der Waals surface area contributed by atoms with Crippen LogP contribution in [0.3, 0.4) is 0 Å². The van der Waals surface area contributed by atoms with Gasteiger partial charge in [-0.3, -0.25) is 0 Å². The van der Waals surface area contributed by atoms with E-state index < -0.39 is 52.0 Å². The second-order valence-corrected chi connectivity index (χ2v) is 14.3. The van der Waals surface area contributed by atoms with E-state index in [0.717, 1.165) is 5.56 Å². The summed E-state index contributed by atoms with van der Waals surface area (Å²) in [6.45, 7) is 1.39. The summed E-state index contributed by atoms with van der Waals surface area (Å²) in [7, 11) is -4.06. The number of benzene rings is 2. The highest BCUT2D eigenvalue weighted by molar-refractivity contribution is 7.92. The molecule has 1 aromatic heterocycles. The van der Waals surface area contributed by atoms with E-state index >= 15 is 0 Å². The lowest BCUT2D eigenvalue weighted by Crippen LogP contribution is -2.56. The standard InChI is InChI=1S/C30H31ClF2N6O4S/c1-20-13-26(39(36-20)12-9-21-5-3-2-4-6-21)38-16-23(15-27(38)43-28(40)35-29(17-34)10-11-29)44(41,42)25-8-7-22(14-24(25)31)37-18-30(32,33)19-37/h2-8,13-14,23,27H,9-12,15-16,18-19H2,1H3,(H,35,40)/t23-,27+/m1/s1. The fourth-order valence-corrected chi connectivity index (χ4v) is 7.90. The molecule has 6 rings (SSSR count). The molecule has 3 aromatic rings. The first-order chi connectivity index (χ1) is 20.9. The molecule has 2 saturated heterocycles. The molecule has 0 unspecified atom stereocenters. The number of nitriles is 1. The van der Waals surface area contributed by atoms with E-state index in [-0.39, 0.29) is 22.9 Å². The Morgan fingerprint density at radius 3 is 2.55 bits per heavy atom. The Morgan fingerprint density at radius 1 is 1.18 bits per heavy atom. The molecular formula is C30H31ClF2N6O4S. The number of anilines is 2. The topological polar surface area (TPSA) is 121 Å². The average molecular weight is 645 g/mol. The second-order valence-electron chi connectivity index (χ2n) is 11.7. The molecule has 1 amide bonds. The van der Waals surface area contributed by atoms with Crippen LogP contribution in [0.25, 0.3) is 0 Å². The van der Waals surface area contributed by atoms with Gasteiger partial charge in [0.15, 0.2) is 16.1 Å². The minimum absolute atomic E-state index is 0.0173. The molecule has 1 saturated carbocycles. The van der Waals surface area contributed by atoms with Gasteiger partial charge in [0.25, 0.3) is 5.92 Å². The second kappa shape index (κ2) is 11.2. The van der Waals surface area contributed by atoms with Gasteiger partial charge in [-0.25, -0.2) is 26.7 Å². The first-order valence-electron chi connectivity index (χ1n) is 14.3. The molecule has 3 aliphatic rings. The summed E-state index contributed by atoms with van der Waals surface area (Å²) in [6, 6.07) is 18.0. The normalized spacial score (nSPS) is 21.8. The third-order valence-corrected chi connectivity index (χ3v) is 10.9. The van der Waals surface area contributed by atoms with E-state index in [1.807, 2.05) is 43.3 Å². The summed E-state index contributed by atoms with van der Waals surface area (Å²) in [6.07, 6.45) is -0.145. The molecule has 1 aliphatic carbocycles. The summed E-state index contributed by atoms with van der Waals surface area (Å²) in [5.74, 6) is -2.19. The third kappa shape index (κ3) is 6.05. The number of carbonyl (C=O) groups is 1. The summed E-state index contributed by atoms with van der Waals surface area (Å²) in [5.41, 5.74) is 1.26. The molecule has 1 N–H and O–H groups in total. The van der Waals surface area contributed by atoms with Crippen molar-refractivity contribution >= 4 is 39.0 Å². The molecule has 2 aromatic carbocycles. The number of hydrogen-bond acceptors (Lipinski definition) is 8. The van der Waals surface area contributed by atoms with Crippen LogP contribution in [-0.4, -0.2) is 66.9 Å². The highest BCUT2D eigenvalue weighted by Gasteiger charge is 2.48. The van der Waals surface area contributed by atoms with Gasteiger partial charge in [-0.2, -0.15) is 10.4 Å². The van der Waals surface area contributed by atoms with Crippen LogP contribution in [0.15, 0.2) is 59.5 Å². The minimum Gasteiger partial charge on any atom is -0.425 e. The molecule has 0 radical (unpaired) electrons. The molecule has 14 heteroatoms. The number of amides is 1. The van der Waals surface area contributed by atoms with Crippen LogP contribution in [0.5, 0.6) is 0 Å². The largest absolute Gasteiger partial charge is 0.425 e. The molecule has 2 aliphatic heterocycles. The van der Waals surface area contributed by atoms with Crippen molar-refractivity contribution in [2.45, 2.75) is 67.0 Å². The molecule has 232 valence electrons. The van der Waals surface area contributed by atoms with Crippen molar-refractivity contribution in [2.24, 2.45) is 0 Å². The van der Waals surface area contributed by atoms with Gasteiger partial charge in [0.1, 0.15) is 11.4 Å². The minimum atomic E-state index is -4.06. The fraction of sp³-hybridized carbons (Fsp3) is 0.433. The van der Waals surface area contributed by atoms with Crippen molar-refractivity contribution in [1.82, 2.24) is 15.1 Å².